The highest BCUT2D eigenvalue weighted by Crippen LogP contribution is 2.27. The van der Waals surface area contributed by atoms with Gasteiger partial charge in [-0.2, -0.15) is 0 Å². The zero-order valence-corrected chi connectivity index (χ0v) is 7.77. The Morgan fingerprint density at radius 3 is 2.27 bits per heavy atom. The van der Waals surface area contributed by atoms with Gasteiger partial charge in [0.05, 0.1) is 27.5 Å². The molecule has 0 atom stereocenters. The van der Waals surface area contributed by atoms with Gasteiger partial charge in [0, 0.05) is 0 Å². The third kappa shape index (κ3) is 2.06. The molecule has 80 valence electrons. The minimum atomic E-state index is -0.918. The van der Waals surface area contributed by atoms with Crippen molar-refractivity contribution in [2.24, 2.45) is 0 Å². The second kappa shape index (κ2) is 3.99. The van der Waals surface area contributed by atoms with Crippen molar-refractivity contribution in [1.82, 2.24) is 0 Å². The van der Waals surface area contributed by atoms with E-state index in [1.54, 1.807) is 0 Å². The number of nitrogens with zero attached hydrogens (tertiary/aromatic N) is 2. The number of non-ortho nitro benzene ring substituents is 1. The first kappa shape index (κ1) is 11.0. The molecule has 0 aliphatic heterocycles. The number of nitro groups is 2. The van der Waals surface area contributed by atoms with Crippen LogP contribution in [0.25, 0.3) is 0 Å². The minimum Gasteiger partial charge on any atom is -0.258 e. The Balaban J connectivity index is 3.45. The Morgan fingerprint density at radius 2 is 1.87 bits per heavy atom. The molecule has 0 saturated heterocycles. The molecule has 0 unspecified atom stereocenters. The van der Waals surface area contributed by atoms with Gasteiger partial charge < -0.3 is 0 Å². The van der Waals surface area contributed by atoms with Gasteiger partial charge in [-0.05, 0) is 6.42 Å². The molecule has 0 radical (unpaired) electrons. The first-order valence-electron chi connectivity index (χ1n) is 4.08. The summed E-state index contributed by atoms with van der Waals surface area (Å²) in [6, 6.07) is 1.45. The summed E-state index contributed by atoms with van der Waals surface area (Å²) in [5.74, 6) is -0.918. The third-order valence-electron chi connectivity index (χ3n) is 1.92. The van der Waals surface area contributed by atoms with Crippen LogP contribution in [0.5, 0.6) is 0 Å². The van der Waals surface area contributed by atoms with Crippen LogP contribution >= 0.6 is 0 Å². The average Bonchev–Trinajstić information content (AvgIpc) is 2.16. The molecule has 7 heteroatoms. The highest BCUT2D eigenvalue weighted by atomic mass is 19.1. The molecular weight excluding hydrogens is 207 g/mol. The standard InChI is InChI=1S/C8H7FN2O4/c1-2-6-7(9)3-5(10(12)13)4-8(6)11(14)15/h3-4H,2H2,1H3. The zero-order chi connectivity index (χ0) is 11.6. The number of nitro benzene ring substituents is 2. The fourth-order valence-electron chi connectivity index (χ4n) is 1.23. The van der Waals surface area contributed by atoms with E-state index in [0.29, 0.717) is 6.07 Å². The van der Waals surface area contributed by atoms with Gasteiger partial charge >= 0.3 is 0 Å². The first-order valence-corrected chi connectivity index (χ1v) is 4.08. The van der Waals surface area contributed by atoms with Gasteiger partial charge in [0.25, 0.3) is 11.4 Å². The van der Waals surface area contributed by atoms with E-state index in [4.69, 9.17) is 0 Å². The lowest BCUT2D eigenvalue weighted by Gasteiger charge is -2.01. The molecule has 6 nitrogen and oxygen atoms in total. The summed E-state index contributed by atoms with van der Waals surface area (Å²) in [6.07, 6.45) is 0.111. The lowest BCUT2D eigenvalue weighted by atomic mass is 10.1. The number of hydrogen-bond donors (Lipinski definition) is 0. The normalized spacial score (nSPS) is 10.0. The largest absolute Gasteiger partial charge is 0.282 e. The van der Waals surface area contributed by atoms with Crippen LogP contribution in [-0.2, 0) is 6.42 Å². The lowest BCUT2D eigenvalue weighted by Crippen LogP contribution is -2.00. The maximum absolute atomic E-state index is 13.2. The smallest absolute Gasteiger partial charge is 0.258 e. The summed E-state index contributed by atoms with van der Waals surface area (Å²) in [4.78, 5) is 19.2. The number of rotatable bonds is 3. The van der Waals surface area contributed by atoms with Crippen molar-refractivity contribution >= 4 is 11.4 Å². The fraction of sp³-hybridized carbons (Fsp3) is 0.250. The van der Waals surface area contributed by atoms with E-state index in [-0.39, 0.29) is 12.0 Å². The van der Waals surface area contributed by atoms with Gasteiger partial charge in [-0.1, -0.05) is 6.92 Å². The van der Waals surface area contributed by atoms with Gasteiger partial charge in [-0.15, -0.1) is 0 Å². The quantitative estimate of drug-likeness (QED) is 0.570. The minimum absolute atomic E-state index is 0.111. The highest BCUT2D eigenvalue weighted by Gasteiger charge is 2.22. The average molecular weight is 214 g/mol. The topological polar surface area (TPSA) is 86.3 Å². The van der Waals surface area contributed by atoms with Crippen LogP contribution in [0, 0.1) is 26.0 Å². The summed E-state index contributed by atoms with van der Waals surface area (Å²) < 4.78 is 13.2. The van der Waals surface area contributed by atoms with Crippen molar-refractivity contribution in [3.05, 3.63) is 43.7 Å². The Morgan fingerprint density at radius 1 is 1.27 bits per heavy atom. The van der Waals surface area contributed by atoms with Gasteiger partial charge in [0.15, 0.2) is 0 Å². The molecule has 1 aromatic rings. The van der Waals surface area contributed by atoms with Crippen LogP contribution in [0.4, 0.5) is 15.8 Å². The number of hydrogen-bond acceptors (Lipinski definition) is 4. The highest BCUT2D eigenvalue weighted by molar-refractivity contribution is 5.50. The molecule has 0 N–H and O–H groups in total. The van der Waals surface area contributed by atoms with Gasteiger partial charge in [-0.3, -0.25) is 20.2 Å². The lowest BCUT2D eigenvalue weighted by molar-refractivity contribution is -0.394. The Hall–Kier alpha value is -2.05. The van der Waals surface area contributed by atoms with Crippen molar-refractivity contribution in [3.63, 3.8) is 0 Å². The molecule has 0 amide bonds. The maximum Gasteiger partial charge on any atom is 0.282 e. The van der Waals surface area contributed by atoms with Crippen LogP contribution in [0.1, 0.15) is 12.5 Å². The van der Waals surface area contributed by atoms with E-state index < -0.39 is 27.0 Å². The van der Waals surface area contributed by atoms with Crippen molar-refractivity contribution in [1.29, 1.82) is 0 Å². The summed E-state index contributed by atoms with van der Waals surface area (Å²) in [6.45, 7) is 1.54. The zero-order valence-electron chi connectivity index (χ0n) is 7.77. The number of benzene rings is 1. The van der Waals surface area contributed by atoms with Crippen LogP contribution in [0.3, 0.4) is 0 Å². The van der Waals surface area contributed by atoms with E-state index in [1.807, 2.05) is 0 Å². The molecular formula is C8H7FN2O4. The van der Waals surface area contributed by atoms with E-state index >= 15 is 0 Å². The van der Waals surface area contributed by atoms with E-state index in [2.05, 4.69) is 0 Å². The molecule has 0 aliphatic rings. The van der Waals surface area contributed by atoms with E-state index in [9.17, 15) is 24.6 Å². The molecule has 0 heterocycles. The second-order valence-corrected chi connectivity index (χ2v) is 2.79. The van der Waals surface area contributed by atoms with Gasteiger partial charge in [-0.25, -0.2) is 4.39 Å². The SMILES string of the molecule is CCc1c(F)cc([N+](=O)[O-])cc1[N+](=O)[O-]. The predicted molar refractivity (Wildman–Crippen MR) is 49.1 cm³/mol. The third-order valence-corrected chi connectivity index (χ3v) is 1.92. The molecule has 0 bridgehead atoms. The Labute approximate surface area is 83.6 Å². The van der Waals surface area contributed by atoms with E-state index in [0.717, 1.165) is 6.07 Å². The number of halogens is 1. The van der Waals surface area contributed by atoms with Gasteiger partial charge in [0.1, 0.15) is 5.82 Å². The van der Waals surface area contributed by atoms with Crippen LogP contribution in [-0.4, -0.2) is 9.85 Å². The molecule has 1 rings (SSSR count). The second-order valence-electron chi connectivity index (χ2n) is 2.79. The summed E-state index contributed by atoms with van der Waals surface area (Å²) in [7, 11) is 0. The van der Waals surface area contributed by atoms with Crippen LogP contribution < -0.4 is 0 Å². The van der Waals surface area contributed by atoms with Crippen molar-refractivity contribution in [2.45, 2.75) is 13.3 Å². The molecule has 1 aromatic carbocycles. The van der Waals surface area contributed by atoms with Gasteiger partial charge in [0.2, 0.25) is 0 Å². The predicted octanol–water partition coefficient (Wildman–Crippen LogP) is 2.20. The molecule has 15 heavy (non-hydrogen) atoms. The summed E-state index contributed by atoms with van der Waals surface area (Å²) in [5.41, 5.74) is -1.29. The Bertz CT molecular complexity index is 433. The van der Waals surface area contributed by atoms with Crippen molar-refractivity contribution < 1.29 is 14.2 Å². The fourth-order valence-corrected chi connectivity index (χ4v) is 1.23. The first-order chi connectivity index (χ1) is 6.97. The monoisotopic (exact) mass is 214 g/mol. The molecule has 0 fully saturated rings. The molecule has 0 aromatic heterocycles. The molecule has 0 saturated carbocycles. The van der Waals surface area contributed by atoms with Crippen LogP contribution in [0.15, 0.2) is 12.1 Å². The molecule has 0 spiro atoms. The Kier molecular flexibility index (Phi) is 2.93. The van der Waals surface area contributed by atoms with Crippen molar-refractivity contribution in [3.8, 4) is 0 Å². The summed E-state index contributed by atoms with van der Waals surface area (Å²) in [5, 5.41) is 20.9. The van der Waals surface area contributed by atoms with Crippen molar-refractivity contribution in [2.75, 3.05) is 0 Å². The molecule has 0 aliphatic carbocycles. The van der Waals surface area contributed by atoms with Crippen LogP contribution in [0.2, 0.25) is 0 Å². The maximum atomic E-state index is 13.2. The van der Waals surface area contributed by atoms with E-state index in [1.165, 1.54) is 6.92 Å². The summed E-state index contributed by atoms with van der Waals surface area (Å²) >= 11 is 0.